The molecule has 6 nitrogen and oxygen atoms in total. The van der Waals surface area contributed by atoms with Crippen molar-refractivity contribution in [3.63, 3.8) is 0 Å². The summed E-state index contributed by atoms with van der Waals surface area (Å²) >= 11 is 0. The first kappa shape index (κ1) is 25.4. The average molecular weight is 503 g/mol. The van der Waals surface area contributed by atoms with E-state index in [0.29, 0.717) is 31.5 Å². The first-order chi connectivity index (χ1) is 18.0. The Morgan fingerprint density at radius 2 is 2.00 bits per heavy atom. The molecule has 37 heavy (non-hydrogen) atoms. The van der Waals surface area contributed by atoms with Crippen LogP contribution < -0.4 is 5.73 Å². The van der Waals surface area contributed by atoms with E-state index in [-0.39, 0.29) is 23.7 Å². The van der Waals surface area contributed by atoms with E-state index < -0.39 is 0 Å². The minimum Gasteiger partial charge on any atom is -0.385 e. The summed E-state index contributed by atoms with van der Waals surface area (Å²) in [5.74, 6) is 0.828. The highest BCUT2D eigenvalue weighted by Gasteiger charge is 2.29. The molecule has 1 aromatic heterocycles. The summed E-state index contributed by atoms with van der Waals surface area (Å²) in [5.41, 5.74) is 9.18. The summed E-state index contributed by atoms with van der Waals surface area (Å²) in [7, 11) is 1.69. The van der Waals surface area contributed by atoms with Gasteiger partial charge in [0.25, 0.3) is 0 Å². The number of benzene rings is 3. The molecule has 1 aliphatic rings. The number of imidazole rings is 1. The van der Waals surface area contributed by atoms with Crippen molar-refractivity contribution in [2.75, 3.05) is 26.8 Å². The number of halogens is 1. The summed E-state index contributed by atoms with van der Waals surface area (Å²) in [6.07, 6.45) is 3.67. The van der Waals surface area contributed by atoms with Crippen LogP contribution in [0.15, 0.2) is 60.7 Å². The van der Waals surface area contributed by atoms with E-state index >= 15 is 0 Å². The van der Waals surface area contributed by atoms with Gasteiger partial charge in [0, 0.05) is 57.8 Å². The van der Waals surface area contributed by atoms with Crippen LogP contribution in [0.5, 0.6) is 0 Å². The largest absolute Gasteiger partial charge is 0.385 e. The Morgan fingerprint density at radius 3 is 2.84 bits per heavy atom. The van der Waals surface area contributed by atoms with Gasteiger partial charge in [-0.05, 0) is 54.2 Å². The predicted molar refractivity (Wildman–Crippen MR) is 145 cm³/mol. The third-order valence-corrected chi connectivity index (χ3v) is 7.36. The van der Waals surface area contributed by atoms with Crippen LogP contribution in [0.1, 0.15) is 43.0 Å². The van der Waals surface area contributed by atoms with Gasteiger partial charge in [-0.1, -0.05) is 42.5 Å². The second kappa shape index (κ2) is 11.4. The lowest BCUT2D eigenvalue weighted by atomic mass is 9.95. The summed E-state index contributed by atoms with van der Waals surface area (Å²) in [4.78, 5) is 20.0. The fraction of sp³-hybridized carbons (Fsp3) is 0.400. The number of aryl methyl sites for hydroxylation is 1. The molecule has 5 rings (SSSR count). The molecule has 2 N–H and O–H groups in total. The maximum atomic E-state index is 13.9. The lowest BCUT2D eigenvalue weighted by Gasteiger charge is -2.33. The van der Waals surface area contributed by atoms with Gasteiger partial charge in [-0.15, -0.1) is 0 Å². The van der Waals surface area contributed by atoms with Gasteiger partial charge in [-0.3, -0.25) is 4.79 Å². The number of hydrogen-bond donors (Lipinski definition) is 1. The van der Waals surface area contributed by atoms with Gasteiger partial charge in [0.05, 0.1) is 11.0 Å². The molecule has 1 aliphatic heterocycles. The van der Waals surface area contributed by atoms with E-state index in [1.165, 1.54) is 22.9 Å². The van der Waals surface area contributed by atoms with Crippen LogP contribution in [0.25, 0.3) is 21.8 Å². The highest BCUT2D eigenvalue weighted by Crippen LogP contribution is 2.30. The maximum Gasteiger partial charge on any atom is 0.224 e. The molecule has 4 aromatic rings. The van der Waals surface area contributed by atoms with Crippen LogP contribution in [0.2, 0.25) is 0 Å². The fourth-order valence-corrected chi connectivity index (χ4v) is 5.54. The van der Waals surface area contributed by atoms with Gasteiger partial charge in [0.1, 0.15) is 11.6 Å². The van der Waals surface area contributed by atoms with Crippen LogP contribution >= 0.6 is 0 Å². The number of nitrogens with zero attached hydrogens (tertiary/aromatic N) is 3. The second-order valence-electron chi connectivity index (χ2n) is 10.1. The summed E-state index contributed by atoms with van der Waals surface area (Å²) in [6.45, 7) is 2.73. The van der Waals surface area contributed by atoms with Crippen molar-refractivity contribution >= 4 is 27.7 Å². The lowest BCUT2D eigenvalue weighted by Crippen LogP contribution is -2.42. The van der Waals surface area contributed by atoms with E-state index in [1.807, 2.05) is 17.0 Å². The van der Waals surface area contributed by atoms with Gasteiger partial charge in [-0.25, -0.2) is 9.37 Å². The fourth-order valence-electron chi connectivity index (χ4n) is 5.54. The minimum atomic E-state index is -0.290. The van der Waals surface area contributed by atoms with Crippen molar-refractivity contribution in [1.82, 2.24) is 14.5 Å². The molecule has 1 amide bonds. The molecule has 2 heterocycles. The lowest BCUT2D eigenvalue weighted by molar-refractivity contribution is -0.132. The van der Waals surface area contributed by atoms with Crippen molar-refractivity contribution in [3.8, 4) is 0 Å². The minimum absolute atomic E-state index is 0.0890. The van der Waals surface area contributed by atoms with Gasteiger partial charge < -0.3 is 19.9 Å². The zero-order valence-corrected chi connectivity index (χ0v) is 21.4. The third kappa shape index (κ3) is 5.84. The number of nitrogens with two attached hydrogens (primary N) is 1. The number of fused-ring (bicyclic) bond motifs is 2. The van der Waals surface area contributed by atoms with Gasteiger partial charge in [-0.2, -0.15) is 0 Å². The predicted octanol–water partition coefficient (Wildman–Crippen LogP) is 5.03. The highest BCUT2D eigenvalue weighted by molar-refractivity contribution is 5.83. The van der Waals surface area contributed by atoms with Crippen molar-refractivity contribution in [3.05, 3.63) is 77.9 Å². The molecule has 0 spiro atoms. The normalized spacial score (nSPS) is 16.9. The molecule has 2 unspecified atom stereocenters. The molecule has 0 radical (unpaired) electrons. The number of aromatic nitrogens is 2. The number of rotatable bonds is 9. The smallest absolute Gasteiger partial charge is 0.224 e. The van der Waals surface area contributed by atoms with Crippen molar-refractivity contribution in [2.24, 2.45) is 5.73 Å². The Hall–Kier alpha value is -3.29. The van der Waals surface area contributed by atoms with Crippen molar-refractivity contribution in [2.45, 2.75) is 50.6 Å². The van der Waals surface area contributed by atoms with E-state index in [0.717, 1.165) is 49.3 Å². The molecule has 0 saturated carbocycles. The van der Waals surface area contributed by atoms with Gasteiger partial charge in [0.15, 0.2) is 0 Å². The molecule has 3 aromatic carbocycles. The summed E-state index contributed by atoms with van der Waals surface area (Å²) in [6, 6.07) is 19.2. The van der Waals surface area contributed by atoms with Crippen molar-refractivity contribution in [1.29, 1.82) is 0 Å². The molecule has 0 bridgehead atoms. The first-order valence-electron chi connectivity index (χ1n) is 13.2. The number of carbonyl (C=O) groups excluding carboxylic acids is 1. The summed E-state index contributed by atoms with van der Waals surface area (Å²) < 4.78 is 21.3. The van der Waals surface area contributed by atoms with E-state index in [1.54, 1.807) is 13.2 Å². The van der Waals surface area contributed by atoms with Crippen LogP contribution in [-0.2, 0) is 22.5 Å². The standard InChI is InChI=1S/C30H35FN4O2/c1-37-15-5-14-35-28-12-11-25(31)18-27(28)33-30(35)24-8-4-13-34(20-24)29(36)19-26(32)17-21-9-10-22-6-2-3-7-23(22)16-21/h2-3,6-7,9-12,16,18,24,26H,4-5,8,13-15,17,19-20,32H2,1H3. The Balaban J connectivity index is 1.27. The Labute approximate surface area is 217 Å². The zero-order valence-electron chi connectivity index (χ0n) is 21.4. The number of ether oxygens (including phenoxy) is 1. The quantitative estimate of drug-likeness (QED) is 0.326. The third-order valence-electron chi connectivity index (χ3n) is 7.36. The van der Waals surface area contributed by atoms with Gasteiger partial charge >= 0.3 is 0 Å². The second-order valence-corrected chi connectivity index (χ2v) is 10.1. The number of amides is 1. The molecular weight excluding hydrogens is 467 g/mol. The molecule has 1 saturated heterocycles. The molecular formula is C30H35FN4O2. The molecule has 2 atom stereocenters. The first-order valence-corrected chi connectivity index (χ1v) is 13.2. The van der Waals surface area contributed by atoms with Crippen LogP contribution in [0.3, 0.4) is 0 Å². The maximum absolute atomic E-state index is 13.9. The van der Waals surface area contributed by atoms with Crippen LogP contribution in [0.4, 0.5) is 4.39 Å². The number of hydrogen-bond acceptors (Lipinski definition) is 4. The van der Waals surface area contributed by atoms with Crippen LogP contribution in [-0.4, -0.2) is 53.2 Å². The monoisotopic (exact) mass is 502 g/mol. The molecule has 7 heteroatoms. The Bertz CT molecular complexity index is 1380. The highest BCUT2D eigenvalue weighted by atomic mass is 19.1. The number of likely N-dealkylation sites (tertiary alicyclic amines) is 1. The number of carbonyl (C=O) groups is 1. The molecule has 1 fully saturated rings. The molecule has 0 aliphatic carbocycles. The zero-order chi connectivity index (χ0) is 25.8. The SMILES string of the molecule is COCCCn1c(C2CCCN(C(=O)CC(N)Cc3ccc4ccccc4c3)C2)nc2cc(F)ccc21. The van der Waals surface area contributed by atoms with Crippen molar-refractivity contribution < 1.29 is 13.9 Å². The topological polar surface area (TPSA) is 73.4 Å². The van der Waals surface area contributed by atoms with E-state index in [9.17, 15) is 9.18 Å². The van der Waals surface area contributed by atoms with E-state index in [4.69, 9.17) is 15.5 Å². The molecule has 194 valence electrons. The Kier molecular flexibility index (Phi) is 7.82. The average Bonchev–Trinajstić information content (AvgIpc) is 3.26. The number of methoxy groups -OCH3 is 1. The van der Waals surface area contributed by atoms with Crippen LogP contribution in [0, 0.1) is 5.82 Å². The summed E-state index contributed by atoms with van der Waals surface area (Å²) in [5, 5.41) is 2.39. The van der Waals surface area contributed by atoms with Gasteiger partial charge in [0.2, 0.25) is 5.91 Å². The number of piperidine rings is 1. The Morgan fingerprint density at radius 1 is 1.16 bits per heavy atom. The van der Waals surface area contributed by atoms with E-state index in [2.05, 4.69) is 34.9 Å².